The number of H-pyrrole nitrogens is 1. The fourth-order valence-electron chi connectivity index (χ4n) is 5.43. The number of nitrogens with zero attached hydrogens (tertiary/aromatic N) is 7. The minimum absolute atomic E-state index is 0.0630. The van der Waals surface area contributed by atoms with Crippen LogP contribution in [-0.2, 0) is 5.41 Å². The number of benzene rings is 2. The first-order chi connectivity index (χ1) is 21.5. The summed E-state index contributed by atoms with van der Waals surface area (Å²) in [4.78, 5) is 49.0. The summed E-state index contributed by atoms with van der Waals surface area (Å²) in [6, 6.07) is 13.7. The monoisotopic (exact) mass is 609 g/mol. The molecule has 4 heterocycles. The Morgan fingerprint density at radius 1 is 1.00 bits per heavy atom. The molecule has 5 aromatic rings. The molecule has 2 amide bonds. The van der Waals surface area contributed by atoms with Crippen LogP contribution in [0.5, 0.6) is 0 Å². The molecule has 1 aliphatic rings. The van der Waals surface area contributed by atoms with Crippen LogP contribution >= 0.6 is 0 Å². The number of imidazole rings is 1. The average molecular weight is 610 g/mol. The molecule has 0 radical (unpaired) electrons. The van der Waals surface area contributed by atoms with Crippen molar-refractivity contribution in [3.05, 3.63) is 71.6 Å². The third-order valence-electron chi connectivity index (χ3n) is 7.99. The second kappa shape index (κ2) is 11.6. The lowest BCUT2D eigenvalue weighted by atomic mass is 9.96. The zero-order valence-electron chi connectivity index (χ0n) is 25.8. The fraction of sp³-hybridized carbons (Fsp3) is 0.344. The van der Waals surface area contributed by atoms with Crippen LogP contribution in [0.4, 0.5) is 10.5 Å². The van der Waals surface area contributed by atoms with Gasteiger partial charge in [0.1, 0.15) is 23.4 Å². The van der Waals surface area contributed by atoms with E-state index in [0.29, 0.717) is 54.7 Å². The van der Waals surface area contributed by atoms with Gasteiger partial charge in [0.15, 0.2) is 11.5 Å². The van der Waals surface area contributed by atoms with Crippen LogP contribution in [0.1, 0.15) is 61.4 Å². The number of carboxylic acid groups (broad SMARTS) is 1. The summed E-state index contributed by atoms with van der Waals surface area (Å²) in [6.45, 7) is 12.0. The quantitative estimate of drug-likeness (QED) is 0.239. The first-order valence-corrected chi connectivity index (χ1v) is 14.8. The maximum absolute atomic E-state index is 12.8. The number of anilines is 1. The van der Waals surface area contributed by atoms with E-state index in [4.69, 9.17) is 9.51 Å². The number of aryl methyl sites for hydroxylation is 1. The summed E-state index contributed by atoms with van der Waals surface area (Å²) in [5, 5.41) is 16.1. The highest BCUT2D eigenvalue weighted by molar-refractivity contribution is 5.90. The molecule has 0 bridgehead atoms. The number of aromatic nitrogens is 6. The third-order valence-corrected chi connectivity index (χ3v) is 7.99. The number of hydrogen-bond donors (Lipinski definition) is 3. The highest BCUT2D eigenvalue weighted by Gasteiger charge is 2.25. The molecule has 1 fully saturated rings. The van der Waals surface area contributed by atoms with Gasteiger partial charge in [-0.25, -0.2) is 19.7 Å². The maximum Gasteiger partial charge on any atom is 0.407 e. The van der Waals surface area contributed by atoms with E-state index in [1.54, 1.807) is 0 Å². The largest absolute Gasteiger partial charge is 0.465 e. The molecule has 0 spiro atoms. The molecule has 0 saturated carbocycles. The lowest BCUT2D eigenvalue weighted by molar-refractivity contribution is 0.0895. The second-order valence-electron chi connectivity index (χ2n) is 12.2. The molecule has 1 saturated heterocycles. The molecule has 13 nitrogen and oxygen atoms in total. The normalized spacial score (nSPS) is 14.5. The Kier molecular flexibility index (Phi) is 7.69. The molecule has 1 atom stereocenters. The van der Waals surface area contributed by atoms with Crippen molar-refractivity contribution >= 4 is 28.9 Å². The smallest absolute Gasteiger partial charge is 0.407 e. The van der Waals surface area contributed by atoms with Gasteiger partial charge < -0.3 is 29.7 Å². The van der Waals surface area contributed by atoms with Crippen molar-refractivity contribution in [2.75, 3.05) is 31.1 Å². The Balaban J connectivity index is 1.18. The van der Waals surface area contributed by atoms with Crippen LogP contribution in [0.2, 0.25) is 0 Å². The predicted octanol–water partition coefficient (Wildman–Crippen LogP) is 4.97. The van der Waals surface area contributed by atoms with Crippen LogP contribution in [-0.4, -0.2) is 78.3 Å². The standard InChI is InChI=1S/C32H35N9O4/c1-18-16-21(8-11-23(18)19(2)35-28(42)29-38-30(39-45-29)32(3,4)5)24-25-27(34-17-33-24)37-26(36-25)20-6-9-22(10-7-20)40-12-14-41(15-13-40)31(43)44/h6-11,16-17,19H,12-15H2,1-5H3,(H,35,42)(H,43,44)(H,33,34,36,37). The van der Waals surface area contributed by atoms with Crippen molar-refractivity contribution in [2.45, 2.75) is 46.1 Å². The number of aromatic amines is 1. The third kappa shape index (κ3) is 6.06. The van der Waals surface area contributed by atoms with E-state index in [2.05, 4.69) is 35.3 Å². The number of hydrogen-bond acceptors (Lipinski definition) is 9. The zero-order valence-corrected chi connectivity index (χ0v) is 25.8. The van der Waals surface area contributed by atoms with Crippen LogP contribution in [0, 0.1) is 6.92 Å². The number of rotatable bonds is 6. The lowest BCUT2D eigenvalue weighted by Crippen LogP contribution is -2.48. The Labute approximate surface area is 259 Å². The highest BCUT2D eigenvalue weighted by Crippen LogP contribution is 2.30. The first kappa shape index (κ1) is 29.7. The topological polar surface area (TPSA) is 166 Å². The number of fused-ring (bicyclic) bond motifs is 1. The molecular weight excluding hydrogens is 574 g/mol. The van der Waals surface area contributed by atoms with E-state index in [1.807, 2.05) is 77.1 Å². The Hall–Kier alpha value is -5.33. The lowest BCUT2D eigenvalue weighted by Gasteiger charge is -2.34. The number of carbonyl (C=O) groups is 2. The first-order valence-electron chi connectivity index (χ1n) is 14.8. The van der Waals surface area contributed by atoms with E-state index in [-0.39, 0.29) is 17.3 Å². The second-order valence-corrected chi connectivity index (χ2v) is 12.2. The van der Waals surface area contributed by atoms with E-state index < -0.39 is 12.0 Å². The highest BCUT2D eigenvalue weighted by atomic mass is 16.5. The van der Waals surface area contributed by atoms with Crippen molar-refractivity contribution in [1.82, 2.24) is 40.3 Å². The zero-order chi connectivity index (χ0) is 31.9. The van der Waals surface area contributed by atoms with Crippen LogP contribution < -0.4 is 10.2 Å². The predicted molar refractivity (Wildman–Crippen MR) is 168 cm³/mol. The molecule has 1 unspecified atom stereocenters. The van der Waals surface area contributed by atoms with Crippen molar-refractivity contribution in [3.63, 3.8) is 0 Å². The van der Waals surface area contributed by atoms with Gasteiger partial charge in [0, 0.05) is 48.4 Å². The van der Waals surface area contributed by atoms with Gasteiger partial charge in [0.2, 0.25) is 0 Å². The average Bonchev–Trinajstić information content (AvgIpc) is 3.70. The molecule has 3 N–H and O–H groups in total. The van der Waals surface area contributed by atoms with Gasteiger partial charge in [0.05, 0.1) is 6.04 Å². The van der Waals surface area contributed by atoms with Gasteiger partial charge in [-0.15, -0.1) is 0 Å². The summed E-state index contributed by atoms with van der Waals surface area (Å²) in [5.74, 6) is 0.661. The van der Waals surface area contributed by atoms with E-state index in [9.17, 15) is 14.7 Å². The van der Waals surface area contributed by atoms with Crippen molar-refractivity contribution < 1.29 is 19.2 Å². The SMILES string of the molecule is Cc1cc(-c2ncnc3[nH]c(-c4ccc(N5CCN(C(=O)O)CC5)cc4)nc23)ccc1C(C)NC(=O)c1nc(C(C)(C)C)no1. The van der Waals surface area contributed by atoms with Gasteiger partial charge in [-0.3, -0.25) is 4.79 Å². The van der Waals surface area contributed by atoms with Crippen molar-refractivity contribution in [2.24, 2.45) is 0 Å². The van der Waals surface area contributed by atoms with E-state index in [1.165, 1.54) is 11.2 Å². The minimum Gasteiger partial charge on any atom is -0.465 e. The fourth-order valence-corrected chi connectivity index (χ4v) is 5.43. The van der Waals surface area contributed by atoms with Crippen LogP contribution in [0.3, 0.4) is 0 Å². The summed E-state index contributed by atoms with van der Waals surface area (Å²) < 4.78 is 5.20. The number of amides is 2. The molecule has 45 heavy (non-hydrogen) atoms. The number of piperazine rings is 1. The molecular formula is C32H35N9O4. The summed E-state index contributed by atoms with van der Waals surface area (Å²) >= 11 is 0. The van der Waals surface area contributed by atoms with Gasteiger partial charge >= 0.3 is 17.9 Å². The van der Waals surface area contributed by atoms with Crippen molar-refractivity contribution in [3.8, 4) is 22.6 Å². The van der Waals surface area contributed by atoms with Gasteiger partial charge in [-0.2, -0.15) is 4.98 Å². The Morgan fingerprint density at radius 3 is 2.36 bits per heavy atom. The van der Waals surface area contributed by atoms with E-state index >= 15 is 0 Å². The van der Waals surface area contributed by atoms with E-state index in [0.717, 1.165) is 27.9 Å². The Morgan fingerprint density at radius 2 is 1.71 bits per heavy atom. The number of nitrogens with one attached hydrogen (secondary N) is 2. The number of carbonyl (C=O) groups excluding carboxylic acids is 1. The molecule has 2 aromatic carbocycles. The molecule has 232 valence electrons. The molecule has 6 rings (SSSR count). The molecule has 3 aromatic heterocycles. The molecule has 0 aliphatic carbocycles. The van der Waals surface area contributed by atoms with Gasteiger partial charge in [-0.1, -0.05) is 38.1 Å². The van der Waals surface area contributed by atoms with Crippen LogP contribution in [0.25, 0.3) is 33.8 Å². The summed E-state index contributed by atoms with van der Waals surface area (Å²) in [6.07, 6.45) is 0.639. The van der Waals surface area contributed by atoms with Crippen LogP contribution in [0.15, 0.2) is 53.3 Å². The molecule has 1 aliphatic heterocycles. The maximum atomic E-state index is 12.8. The van der Waals surface area contributed by atoms with Gasteiger partial charge in [0.25, 0.3) is 0 Å². The Bertz CT molecular complexity index is 1870. The molecule has 13 heteroatoms. The van der Waals surface area contributed by atoms with Crippen molar-refractivity contribution in [1.29, 1.82) is 0 Å². The summed E-state index contributed by atoms with van der Waals surface area (Å²) in [7, 11) is 0. The minimum atomic E-state index is -0.877. The van der Waals surface area contributed by atoms with Gasteiger partial charge in [-0.05, 0) is 55.3 Å². The summed E-state index contributed by atoms with van der Waals surface area (Å²) in [5.41, 5.74) is 6.39.